The van der Waals surface area contributed by atoms with Crippen molar-refractivity contribution >= 4 is 28.0 Å². The van der Waals surface area contributed by atoms with Crippen LogP contribution < -0.4 is 16.4 Å². The first kappa shape index (κ1) is 16.0. The molecule has 2 aromatic carbocycles. The third-order valence-electron chi connectivity index (χ3n) is 5.24. The predicted octanol–water partition coefficient (Wildman–Crippen LogP) is 4.60. The SMILES string of the molecule is Cn1ccc2c(Nc3cccc(N[C@@H]4CCCC[C@@H]4N)c3)cccc21. The molecule has 1 aliphatic rings. The van der Waals surface area contributed by atoms with E-state index >= 15 is 0 Å². The summed E-state index contributed by atoms with van der Waals surface area (Å²) in [6.07, 6.45) is 6.88. The molecule has 0 bridgehead atoms. The van der Waals surface area contributed by atoms with Gasteiger partial charge < -0.3 is 20.9 Å². The second-order valence-corrected chi connectivity index (χ2v) is 7.07. The maximum absolute atomic E-state index is 6.27. The Hall–Kier alpha value is -2.46. The Morgan fingerprint density at radius 1 is 1.00 bits per heavy atom. The van der Waals surface area contributed by atoms with Crippen LogP contribution in [0.15, 0.2) is 54.7 Å². The van der Waals surface area contributed by atoms with Gasteiger partial charge in [0.2, 0.25) is 0 Å². The molecule has 0 amide bonds. The maximum atomic E-state index is 6.27. The van der Waals surface area contributed by atoms with Crippen LogP contribution in [-0.2, 0) is 7.05 Å². The molecule has 3 aromatic rings. The maximum Gasteiger partial charge on any atom is 0.0498 e. The van der Waals surface area contributed by atoms with Crippen molar-refractivity contribution in [3.05, 3.63) is 54.7 Å². The van der Waals surface area contributed by atoms with E-state index in [4.69, 9.17) is 5.73 Å². The van der Waals surface area contributed by atoms with E-state index in [1.807, 2.05) is 0 Å². The lowest BCUT2D eigenvalue weighted by Gasteiger charge is -2.30. The summed E-state index contributed by atoms with van der Waals surface area (Å²) in [6.45, 7) is 0. The highest BCUT2D eigenvalue weighted by Gasteiger charge is 2.21. The number of rotatable bonds is 4. The van der Waals surface area contributed by atoms with Gasteiger partial charge in [0.05, 0.1) is 0 Å². The molecule has 0 saturated heterocycles. The Morgan fingerprint density at radius 2 is 1.80 bits per heavy atom. The van der Waals surface area contributed by atoms with Crippen molar-refractivity contribution in [2.24, 2.45) is 12.8 Å². The molecule has 25 heavy (non-hydrogen) atoms. The van der Waals surface area contributed by atoms with Gasteiger partial charge in [0.1, 0.15) is 0 Å². The smallest absolute Gasteiger partial charge is 0.0498 e. The van der Waals surface area contributed by atoms with Crippen LogP contribution in [0.4, 0.5) is 17.1 Å². The Balaban J connectivity index is 1.55. The number of anilines is 3. The molecular weight excluding hydrogens is 308 g/mol. The lowest BCUT2D eigenvalue weighted by Crippen LogP contribution is -2.42. The Morgan fingerprint density at radius 3 is 2.68 bits per heavy atom. The highest BCUT2D eigenvalue weighted by atomic mass is 15.0. The number of benzene rings is 2. The van der Waals surface area contributed by atoms with Gasteiger partial charge in [-0.2, -0.15) is 0 Å². The third-order valence-corrected chi connectivity index (χ3v) is 5.24. The molecule has 4 rings (SSSR count). The first-order valence-electron chi connectivity index (χ1n) is 9.14. The lowest BCUT2D eigenvalue weighted by atomic mass is 9.91. The van der Waals surface area contributed by atoms with Crippen LogP contribution in [0.1, 0.15) is 25.7 Å². The molecule has 0 radical (unpaired) electrons. The van der Waals surface area contributed by atoms with Crippen molar-refractivity contribution < 1.29 is 0 Å². The van der Waals surface area contributed by atoms with Crippen LogP contribution in [0.5, 0.6) is 0 Å². The summed E-state index contributed by atoms with van der Waals surface area (Å²) in [6, 6.07) is 17.6. The molecule has 0 unspecified atom stereocenters. The number of aryl methyl sites for hydroxylation is 1. The normalized spacial score (nSPS) is 20.6. The highest BCUT2D eigenvalue weighted by molar-refractivity contribution is 5.94. The van der Waals surface area contributed by atoms with Crippen LogP contribution >= 0.6 is 0 Å². The minimum absolute atomic E-state index is 0.253. The third kappa shape index (κ3) is 3.35. The van der Waals surface area contributed by atoms with Gasteiger partial charge in [0, 0.05) is 53.3 Å². The molecular formula is C21H26N4. The van der Waals surface area contributed by atoms with E-state index in [2.05, 4.69) is 77.0 Å². The molecule has 1 heterocycles. The molecule has 1 fully saturated rings. The Bertz CT molecular complexity index is 867. The molecule has 4 nitrogen and oxygen atoms in total. The summed E-state index contributed by atoms with van der Waals surface area (Å²) in [5.74, 6) is 0. The molecule has 1 aromatic heterocycles. The molecule has 1 saturated carbocycles. The topological polar surface area (TPSA) is 55.0 Å². The van der Waals surface area contributed by atoms with E-state index in [1.54, 1.807) is 0 Å². The number of hydrogen-bond donors (Lipinski definition) is 3. The number of fused-ring (bicyclic) bond motifs is 1. The second kappa shape index (κ2) is 6.81. The number of hydrogen-bond acceptors (Lipinski definition) is 3. The van der Waals surface area contributed by atoms with Crippen molar-refractivity contribution in [1.82, 2.24) is 4.57 Å². The first-order valence-corrected chi connectivity index (χ1v) is 9.14. The van der Waals surface area contributed by atoms with Crippen molar-refractivity contribution in [2.75, 3.05) is 10.6 Å². The van der Waals surface area contributed by atoms with Gasteiger partial charge in [0.15, 0.2) is 0 Å². The summed E-state index contributed by atoms with van der Waals surface area (Å²) in [5, 5.41) is 8.43. The van der Waals surface area contributed by atoms with E-state index in [-0.39, 0.29) is 6.04 Å². The van der Waals surface area contributed by atoms with Crippen LogP contribution in [0.3, 0.4) is 0 Å². The fourth-order valence-corrected chi connectivity index (χ4v) is 3.81. The van der Waals surface area contributed by atoms with E-state index < -0.39 is 0 Å². The number of nitrogens with zero attached hydrogens (tertiary/aromatic N) is 1. The molecule has 0 aliphatic heterocycles. The quantitative estimate of drug-likeness (QED) is 0.653. The zero-order valence-corrected chi connectivity index (χ0v) is 14.7. The van der Waals surface area contributed by atoms with E-state index in [0.717, 1.165) is 29.9 Å². The summed E-state index contributed by atoms with van der Waals surface area (Å²) in [5.41, 5.74) is 10.9. The van der Waals surface area contributed by atoms with Crippen LogP contribution in [0.25, 0.3) is 10.9 Å². The predicted molar refractivity (Wildman–Crippen MR) is 106 cm³/mol. The Labute approximate surface area is 149 Å². The van der Waals surface area contributed by atoms with E-state index in [9.17, 15) is 0 Å². The standard InChI is InChI=1S/C21H26N4/c1-25-13-12-17-19(10-5-11-21(17)25)23-15-6-4-7-16(14-15)24-20-9-3-2-8-18(20)22/h4-7,10-14,18,20,23-24H,2-3,8-9,22H2,1H3/t18-,20+/m0/s1. The average molecular weight is 334 g/mol. The van der Waals surface area contributed by atoms with Gasteiger partial charge in [-0.05, 0) is 49.2 Å². The molecule has 2 atom stereocenters. The molecule has 4 heteroatoms. The fraction of sp³-hybridized carbons (Fsp3) is 0.333. The van der Waals surface area contributed by atoms with Crippen molar-refractivity contribution in [3.8, 4) is 0 Å². The van der Waals surface area contributed by atoms with Gasteiger partial charge >= 0.3 is 0 Å². The zero-order chi connectivity index (χ0) is 17.2. The van der Waals surface area contributed by atoms with Gasteiger partial charge in [-0.25, -0.2) is 0 Å². The second-order valence-electron chi connectivity index (χ2n) is 7.07. The van der Waals surface area contributed by atoms with Crippen LogP contribution in [0.2, 0.25) is 0 Å². The average Bonchev–Trinajstić information content (AvgIpc) is 3.00. The first-order chi connectivity index (χ1) is 12.2. The largest absolute Gasteiger partial charge is 0.381 e. The molecule has 0 spiro atoms. The van der Waals surface area contributed by atoms with Crippen LogP contribution in [0, 0.1) is 0 Å². The summed E-state index contributed by atoms with van der Waals surface area (Å²) >= 11 is 0. The molecule has 130 valence electrons. The van der Waals surface area contributed by atoms with Gasteiger partial charge in [-0.15, -0.1) is 0 Å². The van der Waals surface area contributed by atoms with Gasteiger partial charge in [0.25, 0.3) is 0 Å². The van der Waals surface area contributed by atoms with Gasteiger partial charge in [-0.3, -0.25) is 0 Å². The van der Waals surface area contributed by atoms with Crippen molar-refractivity contribution in [3.63, 3.8) is 0 Å². The van der Waals surface area contributed by atoms with Crippen molar-refractivity contribution in [2.45, 2.75) is 37.8 Å². The van der Waals surface area contributed by atoms with E-state index in [0.29, 0.717) is 6.04 Å². The summed E-state index contributed by atoms with van der Waals surface area (Å²) in [7, 11) is 2.07. The van der Waals surface area contributed by atoms with Crippen LogP contribution in [-0.4, -0.2) is 16.7 Å². The number of nitrogens with two attached hydrogens (primary N) is 1. The minimum atomic E-state index is 0.253. The minimum Gasteiger partial charge on any atom is -0.381 e. The summed E-state index contributed by atoms with van der Waals surface area (Å²) in [4.78, 5) is 0. The number of aromatic nitrogens is 1. The van der Waals surface area contributed by atoms with E-state index in [1.165, 1.54) is 23.7 Å². The fourth-order valence-electron chi connectivity index (χ4n) is 3.81. The lowest BCUT2D eigenvalue weighted by molar-refractivity contribution is 0.404. The zero-order valence-electron chi connectivity index (χ0n) is 14.7. The van der Waals surface area contributed by atoms with Crippen molar-refractivity contribution in [1.29, 1.82) is 0 Å². The molecule has 1 aliphatic carbocycles. The monoisotopic (exact) mass is 334 g/mol. The molecule has 4 N–H and O–H groups in total. The Kier molecular flexibility index (Phi) is 4.36. The van der Waals surface area contributed by atoms with Gasteiger partial charge in [-0.1, -0.05) is 25.0 Å². The highest BCUT2D eigenvalue weighted by Crippen LogP contribution is 2.29. The number of nitrogens with one attached hydrogen (secondary N) is 2. The summed E-state index contributed by atoms with van der Waals surface area (Å²) < 4.78 is 2.14.